The zero-order chi connectivity index (χ0) is 12.4. The molecule has 18 heavy (non-hydrogen) atoms. The van der Waals surface area contributed by atoms with Gasteiger partial charge in [0.1, 0.15) is 6.33 Å². The topological polar surface area (TPSA) is 55.1 Å². The zero-order valence-electron chi connectivity index (χ0n) is 9.95. The van der Waals surface area contributed by atoms with Gasteiger partial charge in [-0.2, -0.15) is 0 Å². The quantitative estimate of drug-likeness (QED) is 0.774. The first-order valence-electron chi connectivity index (χ1n) is 5.70. The molecular formula is C12H13N5S. The second-order valence-electron chi connectivity index (χ2n) is 4.04. The summed E-state index contributed by atoms with van der Waals surface area (Å²) in [5, 5.41) is 5.31. The van der Waals surface area contributed by atoms with E-state index in [1.165, 1.54) is 0 Å². The lowest BCUT2D eigenvalue weighted by Crippen LogP contribution is -2.19. The molecule has 0 aliphatic heterocycles. The summed E-state index contributed by atoms with van der Waals surface area (Å²) in [6, 6.07) is 0.191. The summed E-state index contributed by atoms with van der Waals surface area (Å²) in [6.07, 6.45) is 10.1. The molecule has 0 aliphatic rings. The number of fused-ring (bicyclic) bond motifs is 1. The van der Waals surface area contributed by atoms with E-state index in [-0.39, 0.29) is 6.04 Å². The maximum absolute atomic E-state index is 4.59. The maximum atomic E-state index is 4.59. The van der Waals surface area contributed by atoms with Gasteiger partial charge >= 0.3 is 0 Å². The first-order valence-corrected chi connectivity index (χ1v) is 6.58. The highest BCUT2D eigenvalue weighted by atomic mass is 32.1. The number of likely N-dealkylation sites (N-methyl/N-ethyl adjacent to an activating group) is 1. The second-order valence-corrected chi connectivity index (χ2v) is 4.92. The van der Waals surface area contributed by atoms with Crippen LogP contribution in [0.4, 0.5) is 0 Å². The van der Waals surface area contributed by atoms with Crippen molar-refractivity contribution in [3.05, 3.63) is 47.8 Å². The summed E-state index contributed by atoms with van der Waals surface area (Å²) in [5.74, 6) is 0. The van der Waals surface area contributed by atoms with Gasteiger partial charge in [-0.05, 0) is 7.05 Å². The maximum Gasteiger partial charge on any atom is 0.193 e. The minimum atomic E-state index is 0.191. The molecule has 3 rings (SSSR count). The van der Waals surface area contributed by atoms with Gasteiger partial charge < -0.3 is 5.32 Å². The van der Waals surface area contributed by atoms with Crippen molar-refractivity contribution in [2.24, 2.45) is 0 Å². The molecule has 1 atom stereocenters. The Morgan fingerprint density at radius 1 is 1.39 bits per heavy atom. The summed E-state index contributed by atoms with van der Waals surface area (Å²) in [6.45, 7) is 0. The summed E-state index contributed by atoms with van der Waals surface area (Å²) in [5.41, 5.74) is 2.15. The highest BCUT2D eigenvalue weighted by molar-refractivity contribution is 7.15. The molecule has 0 amide bonds. The van der Waals surface area contributed by atoms with Crippen molar-refractivity contribution >= 4 is 16.3 Å². The predicted octanol–water partition coefficient (Wildman–Crippen LogP) is 1.69. The summed E-state index contributed by atoms with van der Waals surface area (Å²) < 4.78 is 2.05. The normalized spacial score (nSPS) is 12.9. The largest absolute Gasteiger partial charge is 0.313 e. The van der Waals surface area contributed by atoms with Crippen molar-refractivity contribution in [1.29, 1.82) is 0 Å². The van der Waals surface area contributed by atoms with Gasteiger partial charge in [0.25, 0.3) is 0 Å². The molecule has 0 saturated carbocycles. The Labute approximate surface area is 109 Å². The van der Waals surface area contributed by atoms with E-state index < -0.39 is 0 Å². The van der Waals surface area contributed by atoms with Gasteiger partial charge in [0.15, 0.2) is 4.96 Å². The van der Waals surface area contributed by atoms with Gasteiger partial charge in [-0.1, -0.05) is 0 Å². The molecule has 6 heteroatoms. The number of nitrogens with zero attached hydrogens (tertiary/aromatic N) is 4. The Morgan fingerprint density at radius 2 is 2.22 bits per heavy atom. The summed E-state index contributed by atoms with van der Waals surface area (Å²) >= 11 is 1.65. The van der Waals surface area contributed by atoms with Crippen molar-refractivity contribution in [1.82, 2.24) is 24.7 Å². The number of hydrogen-bond donors (Lipinski definition) is 1. The molecule has 0 spiro atoms. The molecular weight excluding hydrogens is 246 g/mol. The van der Waals surface area contributed by atoms with Gasteiger partial charge in [0.05, 0.1) is 5.69 Å². The molecule has 0 aliphatic carbocycles. The highest BCUT2D eigenvalue weighted by Gasteiger charge is 2.13. The predicted molar refractivity (Wildman–Crippen MR) is 70.6 cm³/mol. The van der Waals surface area contributed by atoms with Crippen LogP contribution >= 0.6 is 11.3 Å². The first kappa shape index (κ1) is 11.3. The molecule has 0 saturated heterocycles. The molecule has 3 heterocycles. The third-order valence-electron chi connectivity index (χ3n) is 2.89. The van der Waals surface area contributed by atoms with Gasteiger partial charge in [-0.15, -0.1) is 11.3 Å². The Hall–Kier alpha value is -1.79. The highest BCUT2D eigenvalue weighted by Crippen LogP contribution is 2.18. The standard InChI is InChI=1S/C12H13N5S/c1-13-11(9-5-14-8-15-6-9)4-10-7-17-2-3-18-12(17)16-10/h2-3,5-8,11,13H,4H2,1H3. The average molecular weight is 259 g/mol. The van der Waals surface area contributed by atoms with Crippen LogP contribution in [0.1, 0.15) is 17.3 Å². The van der Waals surface area contributed by atoms with Crippen LogP contribution < -0.4 is 5.32 Å². The number of aromatic nitrogens is 4. The van der Waals surface area contributed by atoms with Crippen molar-refractivity contribution in [2.45, 2.75) is 12.5 Å². The van der Waals surface area contributed by atoms with Crippen molar-refractivity contribution in [2.75, 3.05) is 7.05 Å². The molecule has 5 nitrogen and oxygen atoms in total. The van der Waals surface area contributed by atoms with E-state index in [2.05, 4.69) is 26.5 Å². The lowest BCUT2D eigenvalue weighted by Gasteiger charge is -2.13. The molecule has 0 bridgehead atoms. The van der Waals surface area contributed by atoms with E-state index in [0.717, 1.165) is 22.6 Å². The lowest BCUT2D eigenvalue weighted by atomic mass is 10.1. The summed E-state index contributed by atoms with van der Waals surface area (Å²) in [4.78, 5) is 13.7. The minimum Gasteiger partial charge on any atom is -0.313 e. The average Bonchev–Trinajstić information content (AvgIpc) is 2.97. The smallest absolute Gasteiger partial charge is 0.193 e. The van der Waals surface area contributed by atoms with E-state index in [0.29, 0.717) is 0 Å². The number of hydrogen-bond acceptors (Lipinski definition) is 5. The zero-order valence-corrected chi connectivity index (χ0v) is 10.8. The van der Waals surface area contributed by atoms with E-state index in [1.807, 2.05) is 35.4 Å². The lowest BCUT2D eigenvalue weighted by molar-refractivity contribution is 0.581. The molecule has 0 radical (unpaired) electrons. The molecule has 1 N–H and O–H groups in total. The Bertz CT molecular complexity index is 602. The van der Waals surface area contributed by atoms with Crippen molar-refractivity contribution in [3.63, 3.8) is 0 Å². The molecule has 0 fully saturated rings. The third-order valence-corrected chi connectivity index (χ3v) is 3.66. The van der Waals surface area contributed by atoms with Crippen molar-refractivity contribution in [3.8, 4) is 0 Å². The van der Waals surface area contributed by atoms with Gasteiger partial charge in [-0.25, -0.2) is 15.0 Å². The Morgan fingerprint density at radius 3 is 2.94 bits per heavy atom. The fourth-order valence-corrected chi connectivity index (χ4v) is 2.68. The van der Waals surface area contributed by atoms with Gasteiger partial charge in [0.2, 0.25) is 0 Å². The Balaban J connectivity index is 1.84. The van der Waals surface area contributed by atoms with E-state index in [9.17, 15) is 0 Å². The van der Waals surface area contributed by atoms with E-state index >= 15 is 0 Å². The number of nitrogens with one attached hydrogen (secondary N) is 1. The van der Waals surface area contributed by atoms with Crippen LogP contribution in [0.2, 0.25) is 0 Å². The van der Waals surface area contributed by atoms with Crippen LogP contribution in [-0.2, 0) is 6.42 Å². The number of rotatable bonds is 4. The van der Waals surface area contributed by atoms with E-state index in [1.54, 1.807) is 17.7 Å². The van der Waals surface area contributed by atoms with Gasteiger partial charge in [-0.3, -0.25) is 4.40 Å². The number of thiazole rings is 1. The van der Waals surface area contributed by atoms with Crippen LogP contribution in [0.25, 0.3) is 4.96 Å². The molecule has 3 aromatic heterocycles. The fourth-order valence-electron chi connectivity index (χ4n) is 1.96. The van der Waals surface area contributed by atoms with Crippen LogP contribution in [0.3, 0.4) is 0 Å². The fraction of sp³-hybridized carbons (Fsp3) is 0.250. The molecule has 3 aromatic rings. The van der Waals surface area contributed by atoms with Gasteiger partial charge in [0, 0.05) is 48.2 Å². The number of imidazole rings is 1. The Kier molecular flexibility index (Phi) is 3.04. The van der Waals surface area contributed by atoms with Crippen LogP contribution in [0.15, 0.2) is 36.5 Å². The van der Waals surface area contributed by atoms with Crippen LogP contribution in [0, 0.1) is 0 Å². The summed E-state index contributed by atoms with van der Waals surface area (Å²) in [7, 11) is 1.94. The van der Waals surface area contributed by atoms with E-state index in [4.69, 9.17) is 0 Å². The van der Waals surface area contributed by atoms with Crippen LogP contribution in [0.5, 0.6) is 0 Å². The molecule has 92 valence electrons. The SMILES string of the molecule is CNC(Cc1cn2ccsc2n1)c1cncnc1. The van der Waals surface area contributed by atoms with Crippen molar-refractivity contribution < 1.29 is 0 Å². The second kappa shape index (κ2) is 4.83. The molecule has 1 unspecified atom stereocenters. The first-order chi connectivity index (χ1) is 8.86. The minimum absolute atomic E-state index is 0.191. The molecule has 0 aromatic carbocycles. The third kappa shape index (κ3) is 2.12. The van der Waals surface area contributed by atoms with Crippen LogP contribution in [-0.4, -0.2) is 26.4 Å². The monoisotopic (exact) mass is 259 g/mol.